The van der Waals surface area contributed by atoms with Crippen LogP contribution in [0, 0.1) is 0 Å². The van der Waals surface area contributed by atoms with Crippen molar-refractivity contribution in [3.05, 3.63) is 35.4 Å². The zero-order chi connectivity index (χ0) is 13.1. The van der Waals surface area contributed by atoms with Crippen LogP contribution in [0.2, 0.25) is 0 Å². The van der Waals surface area contributed by atoms with Gasteiger partial charge in [-0.15, -0.1) is 11.8 Å². The standard InChI is InChI=1S/C13H15NO3S/c1-8(13(16)17)14-12(15)11-10-5-3-2-4-9(10)6-7-18-11/h2-5,8,11H,6-7H2,1H3,(H,14,15)(H,16,17)/t8-,11+/m0/s1. The lowest BCUT2D eigenvalue weighted by molar-refractivity contribution is -0.141. The molecule has 0 unspecified atom stereocenters. The molecule has 1 aliphatic heterocycles. The summed E-state index contributed by atoms with van der Waals surface area (Å²) in [6.07, 6.45) is 0.957. The van der Waals surface area contributed by atoms with Gasteiger partial charge >= 0.3 is 5.97 Å². The smallest absolute Gasteiger partial charge is 0.325 e. The molecule has 0 bridgehead atoms. The highest BCUT2D eigenvalue weighted by Crippen LogP contribution is 2.36. The van der Waals surface area contributed by atoms with E-state index in [-0.39, 0.29) is 11.2 Å². The molecule has 1 aromatic carbocycles. The third-order valence-electron chi connectivity index (χ3n) is 2.96. The summed E-state index contributed by atoms with van der Waals surface area (Å²) in [7, 11) is 0. The van der Waals surface area contributed by atoms with Crippen molar-refractivity contribution in [2.45, 2.75) is 24.6 Å². The van der Waals surface area contributed by atoms with Gasteiger partial charge < -0.3 is 10.4 Å². The lowest BCUT2D eigenvalue weighted by atomic mass is 10.0. The summed E-state index contributed by atoms with van der Waals surface area (Å²) in [5.74, 6) is -0.351. The number of hydrogen-bond donors (Lipinski definition) is 2. The van der Waals surface area contributed by atoms with Crippen LogP contribution in [0.4, 0.5) is 0 Å². The number of fused-ring (bicyclic) bond motifs is 1. The first-order chi connectivity index (χ1) is 8.59. The SMILES string of the molecule is C[C@H](NC(=O)[C@@H]1SCCc2ccccc21)C(=O)O. The summed E-state index contributed by atoms with van der Waals surface area (Å²) < 4.78 is 0. The zero-order valence-corrected chi connectivity index (χ0v) is 10.9. The number of carboxylic acids is 1. The molecule has 2 rings (SSSR count). The highest BCUT2D eigenvalue weighted by Gasteiger charge is 2.28. The topological polar surface area (TPSA) is 66.4 Å². The van der Waals surface area contributed by atoms with E-state index in [0.717, 1.165) is 17.7 Å². The van der Waals surface area contributed by atoms with Crippen LogP contribution in [-0.2, 0) is 16.0 Å². The summed E-state index contributed by atoms with van der Waals surface area (Å²) in [4.78, 5) is 22.8. The molecule has 18 heavy (non-hydrogen) atoms. The minimum Gasteiger partial charge on any atom is -0.480 e. The number of carbonyl (C=O) groups excluding carboxylic acids is 1. The highest BCUT2D eigenvalue weighted by molar-refractivity contribution is 8.00. The first-order valence-electron chi connectivity index (χ1n) is 5.82. The molecule has 0 aromatic heterocycles. The molecule has 96 valence electrons. The maximum atomic E-state index is 12.1. The van der Waals surface area contributed by atoms with Crippen LogP contribution in [0.3, 0.4) is 0 Å². The summed E-state index contributed by atoms with van der Waals surface area (Å²) >= 11 is 1.56. The van der Waals surface area contributed by atoms with E-state index in [9.17, 15) is 9.59 Å². The molecule has 1 aliphatic rings. The fourth-order valence-corrected chi connectivity index (χ4v) is 3.16. The molecule has 5 heteroatoms. The molecule has 1 aromatic rings. The second kappa shape index (κ2) is 5.44. The Kier molecular flexibility index (Phi) is 3.91. The Labute approximate surface area is 110 Å². The van der Waals surface area contributed by atoms with Gasteiger partial charge in [0.15, 0.2) is 0 Å². The second-order valence-corrected chi connectivity index (χ2v) is 5.48. The van der Waals surface area contributed by atoms with Crippen LogP contribution in [0.15, 0.2) is 24.3 Å². The van der Waals surface area contributed by atoms with Crippen molar-refractivity contribution in [2.75, 3.05) is 5.75 Å². The van der Waals surface area contributed by atoms with E-state index in [0.29, 0.717) is 0 Å². The van der Waals surface area contributed by atoms with Crippen molar-refractivity contribution in [3.8, 4) is 0 Å². The number of thioether (sulfide) groups is 1. The second-order valence-electron chi connectivity index (χ2n) is 4.27. The first-order valence-corrected chi connectivity index (χ1v) is 6.87. The molecule has 4 nitrogen and oxygen atoms in total. The number of carboxylic acid groups (broad SMARTS) is 1. The average molecular weight is 265 g/mol. The fraction of sp³-hybridized carbons (Fsp3) is 0.385. The number of hydrogen-bond acceptors (Lipinski definition) is 3. The van der Waals surface area contributed by atoms with Crippen molar-refractivity contribution in [3.63, 3.8) is 0 Å². The molecular weight excluding hydrogens is 250 g/mol. The van der Waals surface area contributed by atoms with Crippen molar-refractivity contribution in [1.29, 1.82) is 0 Å². The summed E-state index contributed by atoms with van der Waals surface area (Å²) in [5, 5.41) is 11.0. The van der Waals surface area contributed by atoms with Crippen LogP contribution in [-0.4, -0.2) is 28.8 Å². The van der Waals surface area contributed by atoms with E-state index in [2.05, 4.69) is 5.32 Å². The Hall–Kier alpha value is -1.49. The van der Waals surface area contributed by atoms with E-state index < -0.39 is 12.0 Å². The van der Waals surface area contributed by atoms with Gasteiger partial charge in [0, 0.05) is 0 Å². The van der Waals surface area contributed by atoms with E-state index in [1.807, 2.05) is 24.3 Å². The quantitative estimate of drug-likeness (QED) is 0.871. The van der Waals surface area contributed by atoms with Gasteiger partial charge in [-0.05, 0) is 30.2 Å². The van der Waals surface area contributed by atoms with Gasteiger partial charge in [-0.3, -0.25) is 9.59 Å². The molecule has 0 radical (unpaired) electrons. The van der Waals surface area contributed by atoms with Crippen molar-refractivity contribution >= 4 is 23.6 Å². The maximum absolute atomic E-state index is 12.1. The van der Waals surface area contributed by atoms with E-state index in [1.165, 1.54) is 12.5 Å². The van der Waals surface area contributed by atoms with Gasteiger partial charge in [-0.25, -0.2) is 0 Å². The van der Waals surface area contributed by atoms with E-state index in [4.69, 9.17) is 5.11 Å². The van der Waals surface area contributed by atoms with E-state index in [1.54, 1.807) is 11.8 Å². The summed E-state index contributed by atoms with van der Waals surface area (Å²) in [6.45, 7) is 1.47. The van der Waals surface area contributed by atoms with Crippen LogP contribution in [0.25, 0.3) is 0 Å². The van der Waals surface area contributed by atoms with Crippen LogP contribution < -0.4 is 5.32 Å². The normalized spacial score (nSPS) is 19.7. The van der Waals surface area contributed by atoms with Gasteiger partial charge in [0.25, 0.3) is 0 Å². The van der Waals surface area contributed by atoms with Gasteiger partial charge in [-0.2, -0.15) is 0 Å². The highest BCUT2D eigenvalue weighted by atomic mass is 32.2. The van der Waals surface area contributed by atoms with Crippen LogP contribution >= 0.6 is 11.8 Å². The number of amides is 1. The Balaban J connectivity index is 2.15. The molecule has 1 amide bonds. The Bertz CT molecular complexity index is 475. The van der Waals surface area contributed by atoms with Gasteiger partial charge in [0.05, 0.1) is 0 Å². The molecule has 0 aliphatic carbocycles. The summed E-state index contributed by atoms with van der Waals surface area (Å²) in [6, 6.07) is 6.98. The fourth-order valence-electron chi connectivity index (χ4n) is 1.96. The zero-order valence-electron chi connectivity index (χ0n) is 10.1. The number of carbonyl (C=O) groups is 2. The molecule has 2 atom stereocenters. The van der Waals surface area contributed by atoms with Gasteiger partial charge in [0.1, 0.15) is 11.3 Å². The number of nitrogens with one attached hydrogen (secondary N) is 1. The van der Waals surface area contributed by atoms with Crippen molar-refractivity contribution in [1.82, 2.24) is 5.32 Å². The minimum absolute atomic E-state index is 0.220. The Morgan fingerprint density at radius 2 is 2.17 bits per heavy atom. The van der Waals surface area contributed by atoms with Crippen molar-refractivity contribution in [2.24, 2.45) is 0 Å². The number of aliphatic carboxylic acids is 1. The van der Waals surface area contributed by atoms with Crippen molar-refractivity contribution < 1.29 is 14.7 Å². The molecule has 2 N–H and O–H groups in total. The monoisotopic (exact) mass is 265 g/mol. The van der Waals surface area contributed by atoms with Crippen LogP contribution in [0.5, 0.6) is 0 Å². The lowest BCUT2D eigenvalue weighted by Crippen LogP contribution is -2.41. The molecule has 0 spiro atoms. The maximum Gasteiger partial charge on any atom is 0.325 e. The number of aryl methyl sites for hydroxylation is 1. The van der Waals surface area contributed by atoms with E-state index >= 15 is 0 Å². The molecule has 1 heterocycles. The molecule has 0 saturated carbocycles. The molecule has 0 saturated heterocycles. The minimum atomic E-state index is -1.02. The predicted molar refractivity (Wildman–Crippen MR) is 70.6 cm³/mol. The number of rotatable bonds is 3. The molecular formula is C13H15NO3S. The lowest BCUT2D eigenvalue weighted by Gasteiger charge is -2.25. The first kappa shape index (κ1) is 13.0. The molecule has 0 fully saturated rings. The number of benzene rings is 1. The third-order valence-corrected chi connectivity index (χ3v) is 4.20. The van der Waals surface area contributed by atoms with Crippen LogP contribution in [0.1, 0.15) is 23.3 Å². The Morgan fingerprint density at radius 3 is 2.89 bits per heavy atom. The Morgan fingerprint density at radius 1 is 1.44 bits per heavy atom. The predicted octanol–water partition coefficient (Wildman–Crippen LogP) is 1.61. The van der Waals surface area contributed by atoms with Gasteiger partial charge in [-0.1, -0.05) is 24.3 Å². The van der Waals surface area contributed by atoms with Gasteiger partial charge in [0.2, 0.25) is 5.91 Å². The largest absolute Gasteiger partial charge is 0.480 e. The average Bonchev–Trinajstić information content (AvgIpc) is 2.37. The summed E-state index contributed by atoms with van der Waals surface area (Å²) in [5.41, 5.74) is 2.18. The third kappa shape index (κ3) is 2.67.